The summed E-state index contributed by atoms with van der Waals surface area (Å²) in [5.74, 6) is 1.71. The van der Waals surface area contributed by atoms with Gasteiger partial charge in [-0.2, -0.15) is 5.26 Å². The summed E-state index contributed by atoms with van der Waals surface area (Å²) in [7, 11) is 1.51. The average Bonchev–Trinajstić information content (AvgIpc) is 3.49. The fraction of sp³-hybridized carbons (Fsp3) is 0.700. The number of nitrogens with zero attached hydrogens (tertiary/aromatic N) is 1. The fourth-order valence-electron chi connectivity index (χ4n) is 7.10. The van der Waals surface area contributed by atoms with Crippen LogP contribution in [0.3, 0.4) is 0 Å². The zero-order valence-corrected chi connectivity index (χ0v) is 22.5. The zero-order valence-electron chi connectivity index (χ0n) is 22.5. The average molecular weight is 508 g/mol. The maximum Gasteiger partial charge on any atom is 0.255 e. The topological polar surface area (TPSA) is 100 Å². The van der Waals surface area contributed by atoms with Crippen molar-refractivity contribution >= 4 is 11.8 Å². The third kappa shape index (κ3) is 5.30. The first-order valence-electron chi connectivity index (χ1n) is 14.2. The van der Waals surface area contributed by atoms with Crippen LogP contribution in [-0.4, -0.2) is 37.6 Å². The van der Waals surface area contributed by atoms with Crippen LogP contribution in [0.5, 0.6) is 11.5 Å². The Morgan fingerprint density at radius 3 is 2.46 bits per heavy atom. The van der Waals surface area contributed by atoms with Crippen molar-refractivity contribution in [1.82, 2.24) is 10.6 Å². The van der Waals surface area contributed by atoms with Gasteiger partial charge < -0.3 is 20.1 Å². The first-order valence-corrected chi connectivity index (χ1v) is 14.2. The van der Waals surface area contributed by atoms with Gasteiger partial charge in [0.05, 0.1) is 30.3 Å². The summed E-state index contributed by atoms with van der Waals surface area (Å²) in [4.78, 5) is 26.9. The molecule has 0 unspecified atom stereocenters. The standard InChI is InChI=1S/C30H41N3O4/c1-18-5-9-22(10-6-18)37-24-15-23(25(36-3)14-21(24)16-31)28(34)33-27-20-8-7-19(13-20)26(27)29(35)32-17-30(2)11-4-12-30/h14-15,18-20,22,26-27H,4-13,17H2,1-3H3,(H,32,35)(H,33,34)/t18?,19-,20+,22?,26+,27-/m1/s1. The number of ether oxygens (including phenoxy) is 2. The minimum atomic E-state index is -0.273. The number of hydrogen-bond donors (Lipinski definition) is 2. The van der Waals surface area contributed by atoms with Crippen LogP contribution in [0.4, 0.5) is 0 Å². The number of hydrogen-bond acceptors (Lipinski definition) is 5. The third-order valence-electron chi connectivity index (χ3n) is 9.69. The predicted octanol–water partition coefficient (Wildman–Crippen LogP) is 4.98. The molecule has 4 fully saturated rings. The molecule has 4 atom stereocenters. The SMILES string of the molecule is COc1cc(C#N)c(OC2CCC(C)CC2)cc1C(=O)N[C@@H]1[C@H]2CC[C@H](C2)[C@@H]1C(=O)NCC1(C)CCC1. The molecule has 5 rings (SSSR count). The monoisotopic (exact) mass is 507 g/mol. The maximum atomic E-state index is 13.6. The van der Waals surface area contributed by atoms with E-state index >= 15 is 0 Å². The Kier molecular flexibility index (Phi) is 7.38. The molecule has 7 nitrogen and oxygen atoms in total. The lowest BCUT2D eigenvalue weighted by Gasteiger charge is -2.39. The Bertz CT molecular complexity index is 1070. The van der Waals surface area contributed by atoms with E-state index in [1.54, 1.807) is 12.1 Å². The summed E-state index contributed by atoms with van der Waals surface area (Å²) < 4.78 is 11.8. The molecule has 0 spiro atoms. The smallest absolute Gasteiger partial charge is 0.255 e. The van der Waals surface area contributed by atoms with Gasteiger partial charge in [0.25, 0.3) is 5.91 Å². The highest BCUT2D eigenvalue weighted by Gasteiger charge is 2.51. The quantitative estimate of drug-likeness (QED) is 0.517. The van der Waals surface area contributed by atoms with Gasteiger partial charge in [-0.3, -0.25) is 9.59 Å². The molecule has 0 aliphatic heterocycles. The summed E-state index contributed by atoms with van der Waals surface area (Å²) in [6.07, 6.45) is 10.8. The Labute approximate surface area is 220 Å². The second-order valence-electron chi connectivity index (χ2n) is 12.4. The molecule has 0 saturated heterocycles. The molecule has 2 N–H and O–H groups in total. The second-order valence-corrected chi connectivity index (χ2v) is 12.4. The highest BCUT2D eigenvalue weighted by molar-refractivity contribution is 5.98. The lowest BCUT2D eigenvalue weighted by atomic mass is 9.70. The van der Waals surface area contributed by atoms with Gasteiger partial charge in [0, 0.05) is 18.7 Å². The highest BCUT2D eigenvalue weighted by Crippen LogP contribution is 2.49. The first kappa shape index (κ1) is 25.9. The molecule has 0 radical (unpaired) electrons. The first-order chi connectivity index (χ1) is 17.8. The number of rotatable bonds is 8. The zero-order chi connectivity index (χ0) is 26.2. The Morgan fingerprint density at radius 2 is 1.81 bits per heavy atom. The van der Waals surface area contributed by atoms with E-state index < -0.39 is 0 Å². The largest absolute Gasteiger partial charge is 0.496 e. The number of carbonyl (C=O) groups is 2. The Balaban J connectivity index is 1.32. The molecule has 0 aromatic heterocycles. The molecule has 1 aromatic carbocycles. The van der Waals surface area contributed by atoms with E-state index in [1.165, 1.54) is 13.5 Å². The maximum absolute atomic E-state index is 13.6. The number of benzene rings is 1. The van der Waals surface area contributed by atoms with Crippen molar-refractivity contribution in [2.75, 3.05) is 13.7 Å². The van der Waals surface area contributed by atoms with E-state index in [9.17, 15) is 14.9 Å². The molecule has 4 saturated carbocycles. The highest BCUT2D eigenvalue weighted by atomic mass is 16.5. The van der Waals surface area contributed by atoms with E-state index in [1.807, 2.05) is 0 Å². The van der Waals surface area contributed by atoms with Gasteiger partial charge in [-0.1, -0.05) is 20.3 Å². The molecular weight excluding hydrogens is 466 g/mol. The van der Waals surface area contributed by atoms with E-state index in [0.717, 1.165) is 57.8 Å². The third-order valence-corrected chi connectivity index (χ3v) is 9.69. The van der Waals surface area contributed by atoms with Gasteiger partial charge in [-0.15, -0.1) is 0 Å². The lowest BCUT2D eigenvalue weighted by molar-refractivity contribution is -0.128. The van der Waals surface area contributed by atoms with Gasteiger partial charge in [0.2, 0.25) is 5.91 Å². The normalized spacial score (nSPS) is 31.6. The second kappa shape index (κ2) is 10.6. The molecule has 2 amide bonds. The van der Waals surface area contributed by atoms with Crippen LogP contribution in [0.25, 0.3) is 0 Å². The van der Waals surface area contributed by atoms with Crippen molar-refractivity contribution < 1.29 is 19.1 Å². The number of fused-ring (bicyclic) bond motifs is 2. The fourth-order valence-corrected chi connectivity index (χ4v) is 7.10. The molecule has 4 aliphatic carbocycles. The van der Waals surface area contributed by atoms with E-state index in [-0.39, 0.29) is 35.3 Å². The van der Waals surface area contributed by atoms with Gasteiger partial charge in [0.1, 0.15) is 17.6 Å². The molecular formula is C30H41N3O4. The lowest BCUT2D eigenvalue weighted by Crippen LogP contribution is -2.51. The van der Waals surface area contributed by atoms with Crippen LogP contribution in [0, 0.1) is 40.4 Å². The number of nitriles is 1. The van der Waals surface area contributed by atoms with Crippen molar-refractivity contribution in [3.63, 3.8) is 0 Å². The van der Waals surface area contributed by atoms with Crippen LogP contribution >= 0.6 is 0 Å². The van der Waals surface area contributed by atoms with E-state index in [0.29, 0.717) is 46.9 Å². The molecule has 37 heavy (non-hydrogen) atoms. The molecule has 2 bridgehead atoms. The van der Waals surface area contributed by atoms with Gasteiger partial charge in [-0.05, 0) is 87.0 Å². The summed E-state index contributed by atoms with van der Waals surface area (Å²) in [5.41, 5.74) is 0.938. The van der Waals surface area contributed by atoms with Gasteiger partial charge in [0.15, 0.2) is 0 Å². The number of methoxy groups -OCH3 is 1. The number of nitrogens with one attached hydrogen (secondary N) is 2. The van der Waals surface area contributed by atoms with Crippen LogP contribution < -0.4 is 20.1 Å². The Hall–Kier alpha value is -2.75. The van der Waals surface area contributed by atoms with Crippen LogP contribution in [-0.2, 0) is 4.79 Å². The van der Waals surface area contributed by atoms with Gasteiger partial charge in [-0.25, -0.2) is 0 Å². The predicted molar refractivity (Wildman–Crippen MR) is 140 cm³/mol. The van der Waals surface area contributed by atoms with Gasteiger partial charge >= 0.3 is 0 Å². The van der Waals surface area contributed by atoms with Crippen molar-refractivity contribution in [2.24, 2.45) is 29.1 Å². The molecule has 0 heterocycles. The van der Waals surface area contributed by atoms with Crippen LogP contribution in [0.2, 0.25) is 0 Å². The van der Waals surface area contributed by atoms with Crippen LogP contribution in [0.1, 0.15) is 94.0 Å². The molecule has 7 heteroatoms. The van der Waals surface area contributed by atoms with E-state index in [4.69, 9.17) is 9.47 Å². The Morgan fingerprint density at radius 1 is 1.08 bits per heavy atom. The van der Waals surface area contributed by atoms with Crippen LogP contribution in [0.15, 0.2) is 12.1 Å². The molecule has 4 aliphatic rings. The summed E-state index contributed by atoms with van der Waals surface area (Å²) in [6, 6.07) is 5.26. The summed E-state index contributed by atoms with van der Waals surface area (Å²) >= 11 is 0. The van der Waals surface area contributed by atoms with Crippen molar-refractivity contribution in [3.05, 3.63) is 23.3 Å². The van der Waals surface area contributed by atoms with E-state index in [2.05, 4.69) is 30.6 Å². The molecule has 1 aromatic rings. The van der Waals surface area contributed by atoms with Crippen molar-refractivity contribution in [2.45, 2.75) is 90.2 Å². The number of carbonyl (C=O) groups excluding carboxylic acids is 2. The van der Waals surface area contributed by atoms with Crippen molar-refractivity contribution in [3.8, 4) is 17.6 Å². The number of amides is 2. The van der Waals surface area contributed by atoms with Crippen molar-refractivity contribution in [1.29, 1.82) is 5.26 Å². The summed E-state index contributed by atoms with van der Waals surface area (Å²) in [5, 5.41) is 16.2. The minimum Gasteiger partial charge on any atom is -0.496 e. The summed E-state index contributed by atoms with van der Waals surface area (Å²) in [6.45, 7) is 5.20. The molecule has 200 valence electrons. The minimum absolute atomic E-state index is 0.0452.